The number of amides is 3. The SMILES string of the molecule is CCNC(=O)[C@@H](C)NC(=O)CCNC(=O)c1ccsc1. The highest BCUT2D eigenvalue weighted by Crippen LogP contribution is 2.04. The molecule has 20 heavy (non-hydrogen) atoms. The highest BCUT2D eigenvalue weighted by molar-refractivity contribution is 7.08. The van der Waals surface area contributed by atoms with Crippen LogP contribution in [0.1, 0.15) is 30.6 Å². The summed E-state index contributed by atoms with van der Waals surface area (Å²) >= 11 is 1.44. The van der Waals surface area contributed by atoms with Crippen LogP contribution < -0.4 is 16.0 Å². The Hall–Kier alpha value is -1.89. The predicted octanol–water partition coefficient (Wildman–Crippen LogP) is 0.509. The Morgan fingerprint density at radius 1 is 1.30 bits per heavy atom. The molecule has 0 aromatic carbocycles. The molecule has 0 fully saturated rings. The lowest BCUT2D eigenvalue weighted by atomic mass is 10.2. The van der Waals surface area contributed by atoms with E-state index >= 15 is 0 Å². The normalized spacial score (nSPS) is 11.5. The van der Waals surface area contributed by atoms with Crippen molar-refractivity contribution < 1.29 is 14.4 Å². The number of carbonyl (C=O) groups excluding carboxylic acids is 3. The standard InChI is InChI=1S/C13H19N3O3S/c1-3-14-12(18)9(2)16-11(17)4-6-15-13(19)10-5-7-20-8-10/h5,7-9H,3-4,6H2,1-2H3,(H,14,18)(H,15,19)(H,16,17)/t9-/m1/s1. The molecule has 1 atom stereocenters. The molecule has 0 radical (unpaired) electrons. The average molecular weight is 297 g/mol. The summed E-state index contributed by atoms with van der Waals surface area (Å²) in [6.07, 6.45) is 0.139. The fourth-order valence-electron chi connectivity index (χ4n) is 1.49. The Kier molecular flexibility index (Phi) is 6.72. The maximum atomic E-state index is 11.6. The fourth-order valence-corrected chi connectivity index (χ4v) is 2.13. The maximum absolute atomic E-state index is 11.6. The van der Waals surface area contributed by atoms with Gasteiger partial charge >= 0.3 is 0 Å². The zero-order chi connectivity index (χ0) is 15.0. The second-order valence-corrected chi connectivity index (χ2v) is 4.98. The van der Waals surface area contributed by atoms with Gasteiger partial charge < -0.3 is 16.0 Å². The van der Waals surface area contributed by atoms with Crippen molar-refractivity contribution in [1.82, 2.24) is 16.0 Å². The van der Waals surface area contributed by atoms with Crippen LogP contribution in [0.25, 0.3) is 0 Å². The third-order valence-corrected chi connectivity index (χ3v) is 3.23. The van der Waals surface area contributed by atoms with Crippen LogP contribution in [0.2, 0.25) is 0 Å². The van der Waals surface area contributed by atoms with Crippen LogP contribution in [0.15, 0.2) is 16.8 Å². The lowest BCUT2D eigenvalue weighted by molar-refractivity contribution is -0.128. The van der Waals surface area contributed by atoms with E-state index in [1.165, 1.54) is 11.3 Å². The first kappa shape index (κ1) is 16.2. The smallest absolute Gasteiger partial charge is 0.252 e. The minimum Gasteiger partial charge on any atom is -0.355 e. The van der Waals surface area contributed by atoms with E-state index in [9.17, 15) is 14.4 Å². The minimum absolute atomic E-state index is 0.139. The van der Waals surface area contributed by atoms with Gasteiger partial charge in [-0.25, -0.2) is 0 Å². The van der Waals surface area contributed by atoms with E-state index in [1.807, 2.05) is 12.3 Å². The van der Waals surface area contributed by atoms with E-state index in [4.69, 9.17) is 0 Å². The van der Waals surface area contributed by atoms with Crippen LogP contribution >= 0.6 is 11.3 Å². The summed E-state index contributed by atoms with van der Waals surface area (Å²) in [4.78, 5) is 34.6. The number of rotatable bonds is 7. The molecule has 1 rings (SSSR count). The molecule has 3 amide bonds. The number of hydrogen-bond donors (Lipinski definition) is 3. The molecule has 7 heteroatoms. The van der Waals surface area contributed by atoms with Gasteiger partial charge in [0.05, 0.1) is 0 Å². The van der Waals surface area contributed by atoms with E-state index in [2.05, 4.69) is 16.0 Å². The molecule has 0 spiro atoms. The summed E-state index contributed by atoms with van der Waals surface area (Å²) in [5.74, 6) is -0.687. The van der Waals surface area contributed by atoms with Crippen molar-refractivity contribution >= 4 is 29.1 Å². The maximum Gasteiger partial charge on any atom is 0.252 e. The average Bonchev–Trinajstić information content (AvgIpc) is 2.92. The van der Waals surface area contributed by atoms with Gasteiger partial charge in [-0.2, -0.15) is 11.3 Å². The highest BCUT2D eigenvalue weighted by atomic mass is 32.1. The lowest BCUT2D eigenvalue weighted by Gasteiger charge is -2.13. The van der Waals surface area contributed by atoms with E-state index in [-0.39, 0.29) is 30.7 Å². The van der Waals surface area contributed by atoms with Crippen molar-refractivity contribution in [1.29, 1.82) is 0 Å². The molecule has 0 saturated carbocycles. The lowest BCUT2D eigenvalue weighted by Crippen LogP contribution is -2.45. The number of likely N-dealkylation sites (N-methyl/N-ethyl adjacent to an activating group) is 1. The molecule has 0 saturated heterocycles. The highest BCUT2D eigenvalue weighted by Gasteiger charge is 2.14. The van der Waals surface area contributed by atoms with Crippen molar-refractivity contribution in [3.63, 3.8) is 0 Å². The summed E-state index contributed by atoms with van der Waals surface area (Å²) in [7, 11) is 0. The zero-order valence-corrected chi connectivity index (χ0v) is 12.4. The Labute approximate surface area is 121 Å². The summed E-state index contributed by atoms with van der Waals surface area (Å²) in [5, 5.41) is 11.4. The van der Waals surface area contributed by atoms with Gasteiger partial charge in [0.1, 0.15) is 6.04 Å². The molecular formula is C13H19N3O3S. The Bertz CT molecular complexity index is 459. The quantitative estimate of drug-likeness (QED) is 0.685. The number of thiophene rings is 1. The van der Waals surface area contributed by atoms with Crippen molar-refractivity contribution in [3.8, 4) is 0 Å². The van der Waals surface area contributed by atoms with Gasteiger partial charge in [-0.15, -0.1) is 0 Å². The fraction of sp³-hybridized carbons (Fsp3) is 0.462. The van der Waals surface area contributed by atoms with Gasteiger partial charge in [0.15, 0.2) is 0 Å². The van der Waals surface area contributed by atoms with Crippen LogP contribution in [-0.2, 0) is 9.59 Å². The molecule has 0 aliphatic heterocycles. The third-order valence-electron chi connectivity index (χ3n) is 2.54. The van der Waals surface area contributed by atoms with Gasteiger partial charge in [0.2, 0.25) is 11.8 Å². The largest absolute Gasteiger partial charge is 0.355 e. The molecule has 0 bridgehead atoms. The first-order valence-electron chi connectivity index (χ1n) is 6.42. The van der Waals surface area contributed by atoms with E-state index in [0.29, 0.717) is 12.1 Å². The minimum atomic E-state index is -0.574. The second-order valence-electron chi connectivity index (χ2n) is 4.20. The molecule has 0 aliphatic carbocycles. The molecular weight excluding hydrogens is 278 g/mol. The molecule has 1 aromatic heterocycles. The Morgan fingerprint density at radius 2 is 2.05 bits per heavy atom. The van der Waals surface area contributed by atoms with Crippen molar-refractivity contribution in [3.05, 3.63) is 22.4 Å². The first-order chi connectivity index (χ1) is 9.54. The predicted molar refractivity (Wildman–Crippen MR) is 77.6 cm³/mol. The van der Waals surface area contributed by atoms with Crippen molar-refractivity contribution in [2.75, 3.05) is 13.1 Å². The van der Waals surface area contributed by atoms with E-state index in [0.717, 1.165) is 0 Å². The number of hydrogen-bond acceptors (Lipinski definition) is 4. The van der Waals surface area contributed by atoms with Gasteiger partial charge in [-0.05, 0) is 25.3 Å². The van der Waals surface area contributed by atoms with Crippen molar-refractivity contribution in [2.45, 2.75) is 26.3 Å². The molecule has 0 unspecified atom stereocenters. The van der Waals surface area contributed by atoms with Crippen LogP contribution in [0.4, 0.5) is 0 Å². The molecule has 6 nitrogen and oxygen atoms in total. The molecule has 1 heterocycles. The Morgan fingerprint density at radius 3 is 2.65 bits per heavy atom. The first-order valence-corrected chi connectivity index (χ1v) is 7.36. The van der Waals surface area contributed by atoms with Crippen LogP contribution in [0.5, 0.6) is 0 Å². The van der Waals surface area contributed by atoms with Crippen LogP contribution in [0.3, 0.4) is 0 Å². The molecule has 1 aromatic rings. The molecule has 3 N–H and O–H groups in total. The van der Waals surface area contributed by atoms with Crippen LogP contribution in [0, 0.1) is 0 Å². The van der Waals surface area contributed by atoms with E-state index in [1.54, 1.807) is 18.4 Å². The molecule has 0 aliphatic rings. The number of carbonyl (C=O) groups is 3. The van der Waals surface area contributed by atoms with E-state index < -0.39 is 6.04 Å². The summed E-state index contributed by atoms with van der Waals surface area (Å²) in [6.45, 7) is 4.19. The van der Waals surface area contributed by atoms with Crippen molar-refractivity contribution in [2.24, 2.45) is 0 Å². The summed E-state index contributed by atoms with van der Waals surface area (Å²) < 4.78 is 0. The Balaban J connectivity index is 2.23. The van der Waals surface area contributed by atoms with Gasteiger partial charge in [-0.1, -0.05) is 0 Å². The van der Waals surface area contributed by atoms with Gasteiger partial charge in [-0.3, -0.25) is 14.4 Å². The number of nitrogens with one attached hydrogen (secondary N) is 3. The van der Waals surface area contributed by atoms with Crippen LogP contribution in [-0.4, -0.2) is 36.9 Å². The van der Waals surface area contributed by atoms with Gasteiger partial charge in [0, 0.05) is 30.5 Å². The second kappa shape index (κ2) is 8.31. The topological polar surface area (TPSA) is 87.3 Å². The zero-order valence-electron chi connectivity index (χ0n) is 11.6. The summed E-state index contributed by atoms with van der Waals surface area (Å²) in [5.41, 5.74) is 0.589. The monoisotopic (exact) mass is 297 g/mol. The molecule has 110 valence electrons. The third kappa shape index (κ3) is 5.40. The summed E-state index contributed by atoms with van der Waals surface area (Å²) in [6, 6.07) is 1.15. The van der Waals surface area contributed by atoms with Gasteiger partial charge in [0.25, 0.3) is 5.91 Å².